The Labute approximate surface area is 169 Å². The smallest absolute Gasteiger partial charge is 0.340 e. The number of amides is 1. The van der Waals surface area contributed by atoms with Gasteiger partial charge in [0.2, 0.25) is 5.91 Å². The van der Waals surface area contributed by atoms with Gasteiger partial charge in [-0.05, 0) is 56.4 Å². The normalized spacial score (nSPS) is 14.9. The van der Waals surface area contributed by atoms with Gasteiger partial charge in [-0.3, -0.25) is 4.79 Å². The van der Waals surface area contributed by atoms with E-state index in [1.54, 1.807) is 6.07 Å². The number of ether oxygens (including phenoxy) is 1. The molecule has 0 spiro atoms. The molecule has 0 unspecified atom stereocenters. The molecule has 2 aromatic carbocycles. The fourth-order valence-electron chi connectivity index (χ4n) is 3.76. The van der Waals surface area contributed by atoms with Gasteiger partial charge in [0.1, 0.15) is 16.9 Å². The van der Waals surface area contributed by atoms with E-state index >= 15 is 0 Å². The van der Waals surface area contributed by atoms with Crippen molar-refractivity contribution in [3.05, 3.63) is 75.1 Å². The molecule has 4 rings (SSSR count). The van der Waals surface area contributed by atoms with E-state index in [2.05, 4.69) is 19.2 Å². The highest BCUT2D eigenvalue weighted by atomic mass is 16.5. The number of carbonyl (C=O) groups is 1. The Morgan fingerprint density at radius 2 is 1.93 bits per heavy atom. The van der Waals surface area contributed by atoms with Gasteiger partial charge < -0.3 is 14.5 Å². The highest BCUT2D eigenvalue weighted by molar-refractivity contribution is 5.86. The summed E-state index contributed by atoms with van der Waals surface area (Å²) >= 11 is 0. The maximum Gasteiger partial charge on any atom is 0.340 e. The SMILES string of the molecule is Cc1c(CC(=O)NCc2ccccc2)c(=O)oc2cc3c(cc12)CCC(C)(C)O3. The average molecular weight is 391 g/mol. The molecule has 0 saturated carbocycles. The van der Waals surface area contributed by atoms with Gasteiger partial charge in [0.25, 0.3) is 0 Å². The maximum absolute atomic E-state index is 12.6. The number of aryl methyl sites for hydroxylation is 2. The largest absolute Gasteiger partial charge is 0.487 e. The number of hydrogen-bond donors (Lipinski definition) is 1. The first kappa shape index (κ1) is 19.2. The summed E-state index contributed by atoms with van der Waals surface area (Å²) in [5.41, 5.74) is 3.11. The van der Waals surface area contributed by atoms with Crippen LogP contribution in [0, 0.1) is 6.92 Å². The molecule has 2 heterocycles. The minimum absolute atomic E-state index is 0.00242. The topological polar surface area (TPSA) is 68.5 Å². The van der Waals surface area contributed by atoms with Crippen LogP contribution >= 0.6 is 0 Å². The molecule has 5 nitrogen and oxygen atoms in total. The standard InChI is InChI=1S/C24H25NO4/c1-15-18-11-17-9-10-24(2,3)29-20(17)13-21(18)28-23(27)19(15)12-22(26)25-14-16-7-5-4-6-8-16/h4-8,11,13H,9-10,12,14H2,1-3H3,(H,25,26). The summed E-state index contributed by atoms with van der Waals surface area (Å²) < 4.78 is 11.6. The van der Waals surface area contributed by atoms with E-state index in [-0.39, 0.29) is 17.9 Å². The summed E-state index contributed by atoms with van der Waals surface area (Å²) in [6.45, 7) is 6.41. The van der Waals surface area contributed by atoms with Gasteiger partial charge in [0.05, 0.1) is 12.0 Å². The number of benzene rings is 2. The summed E-state index contributed by atoms with van der Waals surface area (Å²) in [4.78, 5) is 25.0. The van der Waals surface area contributed by atoms with Gasteiger partial charge in [-0.15, -0.1) is 0 Å². The highest BCUT2D eigenvalue weighted by Crippen LogP contribution is 2.36. The molecule has 150 valence electrons. The van der Waals surface area contributed by atoms with Gasteiger partial charge in [0.15, 0.2) is 0 Å². The summed E-state index contributed by atoms with van der Waals surface area (Å²) in [7, 11) is 0. The summed E-state index contributed by atoms with van der Waals surface area (Å²) in [6.07, 6.45) is 1.83. The fraction of sp³-hybridized carbons (Fsp3) is 0.333. The Kier molecular flexibility index (Phi) is 4.91. The van der Waals surface area contributed by atoms with Crippen LogP contribution in [0.5, 0.6) is 5.75 Å². The lowest BCUT2D eigenvalue weighted by Crippen LogP contribution is -2.32. The van der Waals surface area contributed by atoms with Crippen molar-refractivity contribution in [2.24, 2.45) is 0 Å². The van der Waals surface area contributed by atoms with E-state index in [1.165, 1.54) is 0 Å². The second-order valence-corrected chi connectivity index (χ2v) is 8.25. The van der Waals surface area contributed by atoms with Gasteiger partial charge >= 0.3 is 5.63 Å². The zero-order valence-electron chi connectivity index (χ0n) is 17.0. The van der Waals surface area contributed by atoms with Crippen molar-refractivity contribution in [2.75, 3.05) is 0 Å². The summed E-state index contributed by atoms with van der Waals surface area (Å²) in [5, 5.41) is 3.73. The van der Waals surface area contributed by atoms with Crippen LogP contribution in [0.4, 0.5) is 0 Å². The molecule has 0 radical (unpaired) electrons. The quantitative estimate of drug-likeness (QED) is 0.681. The van der Waals surface area contributed by atoms with Gasteiger partial charge in [-0.25, -0.2) is 4.79 Å². The average Bonchev–Trinajstić information content (AvgIpc) is 2.68. The molecule has 0 fully saturated rings. The Hall–Kier alpha value is -3.08. The van der Waals surface area contributed by atoms with Crippen molar-refractivity contribution < 1.29 is 13.9 Å². The zero-order chi connectivity index (χ0) is 20.6. The lowest BCUT2D eigenvalue weighted by molar-refractivity contribution is -0.120. The van der Waals surface area contributed by atoms with Gasteiger partial charge in [0, 0.05) is 18.0 Å². The minimum Gasteiger partial charge on any atom is -0.487 e. The van der Waals surface area contributed by atoms with Crippen molar-refractivity contribution in [1.29, 1.82) is 0 Å². The van der Waals surface area contributed by atoms with E-state index in [9.17, 15) is 9.59 Å². The second-order valence-electron chi connectivity index (χ2n) is 8.25. The first-order valence-corrected chi connectivity index (χ1v) is 9.91. The molecule has 1 aliphatic heterocycles. The van der Waals surface area contributed by atoms with E-state index < -0.39 is 5.63 Å². The van der Waals surface area contributed by atoms with E-state index in [0.29, 0.717) is 17.7 Å². The van der Waals surface area contributed by atoms with Crippen molar-refractivity contribution in [2.45, 2.75) is 52.2 Å². The number of hydrogen-bond acceptors (Lipinski definition) is 4. The van der Waals surface area contributed by atoms with Crippen LogP contribution in [0.3, 0.4) is 0 Å². The van der Waals surface area contributed by atoms with Crippen molar-refractivity contribution in [3.8, 4) is 5.75 Å². The first-order valence-electron chi connectivity index (χ1n) is 9.91. The number of rotatable bonds is 4. The molecular weight excluding hydrogens is 366 g/mol. The molecule has 1 aliphatic rings. The molecule has 0 aliphatic carbocycles. The molecule has 1 amide bonds. The monoisotopic (exact) mass is 391 g/mol. The molecule has 3 aromatic rings. The van der Waals surface area contributed by atoms with Crippen LogP contribution in [0.25, 0.3) is 11.0 Å². The third-order valence-corrected chi connectivity index (χ3v) is 5.52. The van der Waals surface area contributed by atoms with Crippen LogP contribution in [-0.2, 0) is 24.2 Å². The maximum atomic E-state index is 12.6. The molecule has 29 heavy (non-hydrogen) atoms. The zero-order valence-corrected chi connectivity index (χ0v) is 17.0. The number of nitrogens with one attached hydrogen (secondary N) is 1. The lowest BCUT2D eigenvalue weighted by Gasteiger charge is -2.32. The van der Waals surface area contributed by atoms with Crippen molar-refractivity contribution in [1.82, 2.24) is 5.32 Å². The fourth-order valence-corrected chi connectivity index (χ4v) is 3.76. The van der Waals surface area contributed by atoms with E-state index in [4.69, 9.17) is 9.15 Å². The Bertz CT molecular complexity index is 1130. The summed E-state index contributed by atoms with van der Waals surface area (Å²) in [5.74, 6) is 0.566. The Morgan fingerprint density at radius 3 is 2.69 bits per heavy atom. The highest BCUT2D eigenvalue weighted by Gasteiger charge is 2.27. The van der Waals surface area contributed by atoms with Crippen LogP contribution < -0.4 is 15.7 Å². The third-order valence-electron chi connectivity index (χ3n) is 5.52. The molecule has 0 bridgehead atoms. The van der Waals surface area contributed by atoms with E-state index in [1.807, 2.05) is 43.3 Å². The van der Waals surface area contributed by atoms with Crippen LogP contribution in [-0.4, -0.2) is 11.5 Å². The molecular formula is C24H25NO4. The number of carbonyl (C=O) groups excluding carboxylic acids is 1. The molecule has 1 N–H and O–H groups in total. The predicted molar refractivity (Wildman–Crippen MR) is 112 cm³/mol. The molecule has 0 atom stereocenters. The van der Waals surface area contributed by atoms with Crippen molar-refractivity contribution in [3.63, 3.8) is 0 Å². The first-order chi connectivity index (χ1) is 13.8. The Morgan fingerprint density at radius 1 is 1.17 bits per heavy atom. The number of fused-ring (bicyclic) bond motifs is 2. The van der Waals surface area contributed by atoms with E-state index in [0.717, 1.165) is 40.7 Å². The second kappa shape index (κ2) is 7.39. The predicted octanol–water partition coefficient (Wildman–Crippen LogP) is 4.06. The Balaban J connectivity index is 1.60. The third kappa shape index (κ3) is 4.04. The van der Waals surface area contributed by atoms with Crippen LogP contribution in [0.15, 0.2) is 51.7 Å². The van der Waals surface area contributed by atoms with Crippen LogP contribution in [0.2, 0.25) is 0 Å². The molecule has 1 aromatic heterocycles. The van der Waals surface area contributed by atoms with Gasteiger partial charge in [-0.2, -0.15) is 0 Å². The molecule has 5 heteroatoms. The minimum atomic E-state index is -0.472. The van der Waals surface area contributed by atoms with Crippen molar-refractivity contribution >= 4 is 16.9 Å². The molecule has 0 saturated heterocycles. The van der Waals surface area contributed by atoms with Gasteiger partial charge in [-0.1, -0.05) is 30.3 Å². The van der Waals surface area contributed by atoms with Crippen LogP contribution in [0.1, 0.15) is 42.5 Å². The summed E-state index contributed by atoms with van der Waals surface area (Å²) in [6, 6.07) is 13.5. The lowest BCUT2D eigenvalue weighted by atomic mass is 9.92.